The minimum atomic E-state index is -0.586. The van der Waals surface area contributed by atoms with E-state index in [0.717, 1.165) is 25.3 Å². The third-order valence-corrected chi connectivity index (χ3v) is 4.23. The Kier molecular flexibility index (Phi) is 3.87. The van der Waals surface area contributed by atoms with Crippen LogP contribution in [0.25, 0.3) is 0 Å². The fourth-order valence-electron chi connectivity index (χ4n) is 2.85. The van der Waals surface area contributed by atoms with E-state index in [1.807, 2.05) is 0 Å². The number of anilines is 1. The third kappa shape index (κ3) is 2.97. The van der Waals surface area contributed by atoms with Gasteiger partial charge in [-0.05, 0) is 37.5 Å². The molecule has 0 radical (unpaired) electrons. The second-order valence-electron chi connectivity index (χ2n) is 5.89. The molecule has 1 N–H and O–H groups in total. The molecule has 0 aromatic heterocycles. The van der Waals surface area contributed by atoms with E-state index in [0.29, 0.717) is 13.2 Å². The van der Waals surface area contributed by atoms with Crippen LogP contribution >= 0.6 is 0 Å². The van der Waals surface area contributed by atoms with Crippen LogP contribution in [0.15, 0.2) is 18.2 Å². The molecule has 5 nitrogen and oxygen atoms in total. The summed E-state index contributed by atoms with van der Waals surface area (Å²) in [6.45, 7) is 2.60. The zero-order chi connectivity index (χ0) is 15.7. The van der Waals surface area contributed by atoms with Crippen molar-refractivity contribution in [2.45, 2.75) is 31.8 Å². The lowest BCUT2D eigenvalue weighted by Crippen LogP contribution is -2.29. The number of hydrogen-bond acceptors (Lipinski definition) is 4. The molecule has 1 saturated heterocycles. The first-order valence-electron chi connectivity index (χ1n) is 7.38. The van der Waals surface area contributed by atoms with Crippen LogP contribution in [0.5, 0.6) is 0 Å². The summed E-state index contributed by atoms with van der Waals surface area (Å²) in [5.74, 6) is -1.23. The Morgan fingerprint density at radius 1 is 1.41 bits per heavy atom. The molecule has 3 rings (SSSR count). The summed E-state index contributed by atoms with van der Waals surface area (Å²) in [7, 11) is 0. The van der Waals surface area contributed by atoms with Gasteiger partial charge in [0.2, 0.25) is 5.91 Å². The highest BCUT2D eigenvalue weighted by molar-refractivity contribution is 5.94. The quantitative estimate of drug-likeness (QED) is 0.868. The fraction of sp³-hybridized carbons (Fsp3) is 0.500. The fourth-order valence-corrected chi connectivity index (χ4v) is 2.85. The Hall–Kier alpha value is -1.95. The molecule has 1 aliphatic carbocycles. The van der Waals surface area contributed by atoms with Gasteiger partial charge >= 0.3 is 5.97 Å². The van der Waals surface area contributed by atoms with E-state index in [9.17, 15) is 14.0 Å². The minimum absolute atomic E-state index is 0.0176. The van der Waals surface area contributed by atoms with Gasteiger partial charge in [-0.25, -0.2) is 9.18 Å². The molecule has 1 atom stereocenters. The topological polar surface area (TPSA) is 64.6 Å². The molecule has 0 spiro atoms. The van der Waals surface area contributed by atoms with Gasteiger partial charge in [-0.3, -0.25) is 4.79 Å². The highest BCUT2D eigenvalue weighted by Gasteiger charge is 2.54. The predicted octanol–water partition coefficient (Wildman–Crippen LogP) is 2.51. The zero-order valence-corrected chi connectivity index (χ0v) is 12.4. The molecule has 1 heterocycles. The average molecular weight is 307 g/mol. The van der Waals surface area contributed by atoms with Crippen molar-refractivity contribution in [3.05, 3.63) is 29.6 Å². The third-order valence-electron chi connectivity index (χ3n) is 4.23. The number of rotatable bonds is 4. The molecule has 1 aromatic carbocycles. The molecule has 0 bridgehead atoms. The van der Waals surface area contributed by atoms with Gasteiger partial charge in [0, 0.05) is 19.4 Å². The van der Waals surface area contributed by atoms with Crippen molar-refractivity contribution in [1.29, 1.82) is 0 Å². The van der Waals surface area contributed by atoms with Crippen LogP contribution in [-0.4, -0.2) is 30.7 Å². The number of halogens is 1. The van der Waals surface area contributed by atoms with Crippen molar-refractivity contribution in [2.24, 2.45) is 5.92 Å². The summed E-state index contributed by atoms with van der Waals surface area (Å²) in [5.41, 5.74) is -0.206. The van der Waals surface area contributed by atoms with Gasteiger partial charge in [0.25, 0.3) is 0 Å². The molecule has 22 heavy (non-hydrogen) atoms. The monoisotopic (exact) mass is 307 g/mol. The Morgan fingerprint density at radius 2 is 2.18 bits per heavy atom. The van der Waals surface area contributed by atoms with Crippen LogP contribution in [0.4, 0.5) is 10.1 Å². The van der Waals surface area contributed by atoms with Crippen molar-refractivity contribution in [1.82, 2.24) is 0 Å². The molecule has 1 aliphatic heterocycles. The summed E-state index contributed by atoms with van der Waals surface area (Å²) in [5, 5.41) is 2.36. The molecule has 1 aromatic rings. The van der Waals surface area contributed by atoms with E-state index in [-0.39, 0.29) is 17.2 Å². The van der Waals surface area contributed by atoms with Gasteiger partial charge in [-0.1, -0.05) is 0 Å². The molecule has 1 amide bonds. The zero-order valence-electron chi connectivity index (χ0n) is 12.4. The van der Waals surface area contributed by atoms with E-state index in [1.54, 1.807) is 0 Å². The summed E-state index contributed by atoms with van der Waals surface area (Å²) < 4.78 is 24.6. The maximum atomic E-state index is 13.6. The summed E-state index contributed by atoms with van der Waals surface area (Å²) in [6.07, 6.45) is 2.58. The van der Waals surface area contributed by atoms with Gasteiger partial charge in [0.05, 0.1) is 17.9 Å². The minimum Gasteiger partial charge on any atom is -0.455 e. The second-order valence-corrected chi connectivity index (χ2v) is 5.89. The highest BCUT2D eigenvalue weighted by Crippen LogP contribution is 2.49. The van der Waals surface area contributed by atoms with Gasteiger partial charge in [0.15, 0.2) is 0 Å². The largest absolute Gasteiger partial charge is 0.455 e. The van der Waals surface area contributed by atoms with Crippen LogP contribution in [0.2, 0.25) is 0 Å². The predicted molar refractivity (Wildman–Crippen MR) is 77.0 cm³/mol. The number of hydrogen-bond donors (Lipinski definition) is 1. The molecule has 2 fully saturated rings. The Labute approximate surface area is 127 Å². The van der Waals surface area contributed by atoms with Crippen molar-refractivity contribution >= 4 is 17.6 Å². The lowest BCUT2D eigenvalue weighted by atomic mass is 9.99. The first-order valence-corrected chi connectivity index (χ1v) is 7.38. The van der Waals surface area contributed by atoms with Crippen molar-refractivity contribution in [3.8, 4) is 0 Å². The number of benzene rings is 1. The Morgan fingerprint density at radius 3 is 2.77 bits per heavy atom. The van der Waals surface area contributed by atoms with Gasteiger partial charge in [-0.2, -0.15) is 0 Å². The molecule has 2 aliphatic rings. The number of nitrogens with one attached hydrogen (secondary N) is 1. The average Bonchev–Trinajstić information content (AvgIpc) is 3.02. The molecule has 0 unspecified atom stereocenters. The van der Waals surface area contributed by atoms with Crippen molar-refractivity contribution in [3.63, 3.8) is 0 Å². The molecule has 1 saturated carbocycles. The van der Waals surface area contributed by atoms with Crippen LogP contribution in [0.3, 0.4) is 0 Å². The van der Waals surface area contributed by atoms with Crippen molar-refractivity contribution < 1.29 is 23.5 Å². The van der Waals surface area contributed by atoms with E-state index in [1.165, 1.54) is 19.1 Å². The Balaban J connectivity index is 1.73. The maximum absolute atomic E-state index is 13.6. The standard InChI is InChI=1S/C16H18FNO4/c1-10(19)18-14-8-11(2-3-13(14)17)15(20)22-16(5-6-16)12-4-7-21-9-12/h2-3,8,12H,4-7,9H2,1H3,(H,18,19)/t12-/m0/s1. The number of esters is 1. The first kappa shape index (κ1) is 15.0. The lowest BCUT2D eigenvalue weighted by Gasteiger charge is -2.22. The summed E-state index contributed by atoms with van der Waals surface area (Å²) >= 11 is 0. The summed E-state index contributed by atoms with van der Waals surface area (Å²) in [4.78, 5) is 23.4. The second kappa shape index (κ2) is 5.68. The van der Waals surface area contributed by atoms with Gasteiger partial charge in [-0.15, -0.1) is 0 Å². The molecule has 118 valence electrons. The van der Waals surface area contributed by atoms with Crippen LogP contribution in [-0.2, 0) is 14.3 Å². The lowest BCUT2D eigenvalue weighted by molar-refractivity contribution is -0.114. The van der Waals surface area contributed by atoms with Gasteiger partial charge < -0.3 is 14.8 Å². The van der Waals surface area contributed by atoms with E-state index in [4.69, 9.17) is 9.47 Å². The normalized spacial score (nSPS) is 22.2. The van der Waals surface area contributed by atoms with Crippen LogP contribution < -0.4 is 5.32 Å². The van der Waals surface area contributed by atoms with Crippen LogP contribution in [0.1, 0.15) is 36.5 Å². The van der Waals surface area contributed by atoms with Crippen molar-refractivity contribution in [2.75, 3.05) is 18.5 Å². The Bertz CT molecular complexity index is 606. The SMILES string of the molecule is CC(=O)Nc1cc(C(=O)OC2([C@H]3CCOC3)CC2)ccc1F. The van der Waals surface area contributed by atoms with Gasteiger partial charge in [0.1, 0.15) is 11.4 Å². The van der Waals surface area contributed by atoms with E-state index >= 15 is 0 Å². The van der Waals surface area contributed by atoms with E-state index in [2.05, 4.69) is 5.32 Å². The molecular formula is C16H18FNO4. The number of ether oxygens (including phenoxy) is 2. The molecular weight excluding hydrogens is 289 g/mol. The first-order chi connectivity index (χ1) is 10.5. The maximum Gasteiger partial charge on any atom is 0.338 e. The smallest absolute Gasteiger partial charge is 0.338 e. The van der Waals surface area contributed by atoms with E-state index < -0.39 is 23.3 Å². The number of amides is 1. The number of carbonyl (C=O) groups is 2. The van der Waals surface area contributed by atoms with Crippen LogP contribution in [0, 0.1) is 11.7 Å². The highest BCUT2D eigenvalue weighted by atomic mass is 19.1. The summed E-state index contributed by atoms with van der Waals surface area (Å²) in [6, 6.07) is 3.82. The number of carbonyl (C=O) groups excluding carboxylic acids is 2. The molecule has 6 heteroatoms.